The van der Waals surface area contributed by atoms with Crippen LogP contribution in [0.15, 0.2) is 41.4 Å². The van der Waals surface area contributed by atoms with Gasteiger partial charge in [0.1, 0.15) is 11.6 Å². The maximum atomic E-state index is 13.8. The molecule has 0 amide bonds. The van der Waals surface area contributed by atoms with Gasteiger partial charge in [-0.2, -0.15) is 0 Å². The summed E-state index contributed by atoms with van der Waals surface area (Å²) in [6, 6.07) is 8.12. The van der Waals surface area contributed by atoms with Gasteiger partial charge in [-0.1, -0.05) is 0 Å². The van der Waals surface area contributed by atoms with Crippen LogP contribution in [0.4, 0.5) is 17.6 Å². The van der Waals surface area contributed by atoms with E-state index in [-0.39, 0.29) is 5.92 Å². The van der Waals surface area contributed by atoms with Gasteiger partial charge in [0.15, 0.2) is 17.5 Å². The lowest BCUT2D eigenvalue weighted by atomic mass is 9.81. The molecule has 1 N–H and O–H groups in total. The number of thioether (sulfide) groups is 1. The SMILES string of the molecule is COc1ccc2nccc(CCC[C@@H]3CCN(CCCSc4c(F)cc(F)c(F)c4F)C[C@@H]3C(=O)O)c2c1. The van der Waals surface area contributed by atoms with Gasteiger partial charge in [-0.15, -0.1) is 11.8 Å². The van der Waals surface area contributed by atoms with Crippen molar-refractivity contribution in [3.05, 3.63) is 65.4 Å². The first-order chi connectivity index (χ1) is 18.3. The molecule has 1 saturated heterocycles. The molecule has 1 aromatic heterocycles. The molecular weight excluding hydrogens is 520 g/mol. The van der Waals surface area contributed by atoms with Crippen molar-refractivity contribution in [2.24, 2.45) is 11.8 Å². The maximum absolute atomic E-state index is 13.8. The number of halogens is 4. The number of hydrogen-bond donors (Lipinski definition) is 1. The van der Waals surface area contributed by atoms with E-state index >= 15 is 0 Å². The molecule has 0 saturated carbocycles. The van der Waals surface area contributed by atoms with Crippen LogP contribution in [-0.4, -0.2) is 53.5 Å². The first-order valence-corrected chi connectivity index (χ1v) is 13.6. The number of aromatic nitrogens is 1. The van der Waals surface area contributed by atoms with Crippen LogP contribution in [0.1, 0.15) is 31.2 Å². The molecule has 10 heteroatoms. The third-order valence-electron chi connectivity index (χ3n) is 7.15. The van der Waals surface area contributed by atoms with E-state index in [1.165, 1.54) is 0 Å². The van der Waals surface area contributed by atoms with Gasteiger partial charge in [0.2, 0.25) is 0 Å². The maximum Gasteiger partial charge on any atom is 0.308 e. The Kier molecular flexibility index (Phi) is 9.49. The van der Waals surface area contributed by atoms with E-state index in [1.54, 1.807) is 13.3 Å². The lowest BCUT2D eigenvalue weighted by molar-refractivity contribution is -0.146. The first-order valence-electron chi connectivity index (χ1n) is 12.6. The van der Waals surface area contributed by atoms with Crippen molar-refractivity contribution in [3.8, 4) is 5.75 Å². The molecule has 1 aliphatic heterocycles. The van der Waals surface area contributed by atoms with Gasteiger partial charge < -0.3 is 14.7 Å². The average molecular weight is 551 g/mol. The molecule has 1 aliphatic rings. The van der Waals surface area contributed by atoms with Crippen molar-refractivity contribution in [2.45, 2.75) is 37.0 Å². The number of ether oxygens (including phenoxy) is 1. The summed E-state index contributed by atoms with van der Waals surface area (Å²) in [4.78, 5) is 18.0. The third kappa shape index (κ3) is 6.58. The minimum Gasteiger partial charge on any atom is -0.497 e. The number of hydrogen-bond acceptors (Lipinski definition) is 5. The van der Waals surface area contributed by atoms with Crippen LogP contribution in [0.5, 0.6) is 5.75 Å². The molecule has 0 radical (unpaired) electrons. The molecule has 0 bridgehead atoms. The summed E-state index contributed by atoms with van der Waals surface area (Å²) in [7, 11) is 1.63. The van der Waals surface area contributed by atoms with Gasteiger partial charge in [0, 0.05) is 24.2 Å². The highest BCUT2D eigenvalue weighted by Crippen LogP contribution is 2.32. The monoisotopic (exact) mass is 550 g/mol. The van der Waals surface area contributed by atoms with Crippen LogP contribution in [0.3, 0.4) is 0 Å². The number of methoxy groups -OCH3 is 1. The minimum atomic E-state index is -1.68. The molecule has 204 valence electrons. The Morgan fingerprint density at radius 3 is 2.71 bits per heavy atom. The Morgan fingerprint density at radius 2 is 1.95 bits per heavy atom. The molecule has 38 heavy (non-hydrogen) atoms. The summed E-state index contributed by atoms with van der Waals surface area (Å²) in [6.45, 7) is 1.71. The fourth-order valence-electron chi connectivity index (χ4n) is 5.12. The number of fused-ring (bicyclic) bond motifs is 1. The fraction of sp³-hybridized carbons (Fsp3) is 0.429. The highest BCUT2D eigenvalue weighted by molar-refractivity contribution is 7.99. The number of rotatable bonds is 11. The predicted octanol–water partition coefficient (Wildman–Crippen LogP) is 6.33. The van der Waals surface area contributed by atoms with Gasteiger partial charge in [-0.3, -0.25) is 9.78 Å². The second-order valence-electron chi connectivity index (χ2n) is 9.54. The van der Waals surface area contributed by atoms with Crippen LogP contribution < -0.4 is 4.74 Å². The average Bonchev–Trinajstić information content (AvgIpc) is 2.91. The van der Waals surface area contributed by atoms with E-state index in [9.17, 15) is 27.5 Å². The summed E-state index contributed by atoms with van der Waals surface area (Å²) in [5, 5.41) is 10.9. The van der Waals surface area contributed by atoms with E-state index in [0.717, 1.165) is 66.2 Å². The summed E-state index contributed by atoms with van der Waals surface area (Å²) in [5.41, 5.74) is 2.05. The molecule has 1 fully saturated rings. The zero-order valence-corrected chi connectivity index (χ0v) is 21.9. The number of carboxylic acids is 1. The summed E-state index contributed by atoms with van der Waals surface area (Å²) in [6.07, 6.45) is 5.53. The van der Waals surface area contributed by atoms with Crippen LogP contribution in [0.25, 0.3) is 10.9 Å². The Morgan fingerprint density at radius 1 is 1.13 bits per heavy atom. The molecule has 5 nitrogen and oxygen atoms in total. The Bertz CT molecular complexity index is 1290. The number of nitrogens with zero attached hydrogens (tertiary/aromatic N) is 2. The van der Waals surface area contributed by atoms with Crippen molar-refractivity contribution in [1.82, 2.24) is 9.88 Å². The molecule has 0 unspecified atom stereocenters. The second-order valence-corrected chi connectivity index (χ2v) is 10.6. The van der Waals surface area contributed by atoms with E-state index in [4.69, 9.17) is 4.74 Å². The quantitative estimate of drug-likeness (QED) is 0.0990. The van der Waals surface area contributed by atoms with Crippen LogP contribution >= 0.6 is 11.8 Å². The number of carbonyl (C=O) groups is 1. The van der Waals surface area contributed by atoms with Crippen molar-refractivity contribution in [2.75, 3.05) is 32.5 Å². The Hall–Kier alpha value is -2.85. The van der Waals surface area contributed by atoms with Gasteiger partial charge in [0.05, 0.1) is 23.4 Å². The Balaban J connectivity index is 1.27. The van der Waals surface area contributed by atoms with E-state index in [0.29, 0.717) is 31.3 Å². The summed E-state index contributed by atoms with van der Waals surface area (Å²) >= 11 is 0.793. The zero-order valence-electron chi connectivity index (χ0n) is 21.1. The molecule has 3 aromatic rings. The predicted molar refractivity (Wildman–Crippen MR) is 139 cm³/mol. The van der Waals surface area contributed by atoms with Crippen molar-refractivity contribution >= 4 is 28.6 Å². The molecule has 0 spiro atoms. The number of pyridine rings is 1. The number of piperidine rings is 1. The minimum absolute atomic E-state index is 0.0612. The number of carboxylic acid groups (broad SMARTS) is 1. The van der Waals surface area contributed by atoms with Gasteiger partial charge in [-0.25, -0.2) is 17.6 Å². The van der Waals surface area contributed by atoms with E-state index in [1.807, 2.05) is 24.3 Å². The molecule has 4 rings (SSSR count). The van der Waals surface area contributed by atoms with Crippen molar-refractivity contribution in [1.29, 1.82) is 0 Å². The molecule has 2 heterocycles. The highest BCUT2D eigenvalue weighted by atomic mass is 32.2. The zero-order chi connectivity index (χ0) is 27.2. The second kappa shape index (κ2) is 12.8. The number of aliphatic carboxylic acids is 1. The van der Waals surface area contributed by atoms with Gasteiger partial charge >= 0.3 is 5.97 Å². The number of likely N-dealkylation sites (tertiary alicyclic amines) is 1. The molecular formula is C28H30F4N2O3S. The third-order valence-corrected chi connectivity index (χ3v) is 8.31. The van der Waals surface area contributed by atoms with Crippen LogP contribution in [-0.2, 0) is 11.2 Å². The fourth-order valence-corrected chi connectivity index (χ4v) is 6.01. The lowest BCUT2D eigenvalue weighted by Gasteiger charge is -2.36. The Labute approximate surface area is 223 Å². The summed E-state index contributed by atoms with van der Waals surface area (Å²) < 4.78 is 59.5. The first kappa shape index (κ1) is 28.2. The smallest absolute Gasteiger partial charge is 0.308 e. The van der Waals surface area contributed by atoms with Crippen molar-refractivity contribution < 1.29 is 32.2 Å². The highest BCUT2D eigenvalue weighted by Gasteiger charge is 2.33. The molecule has 2 atom stereocenters. The molecule has 2 aromatic carbocycles. The van der Waals surface area contributed by atoms with Crippen molar-refractivity contribution in [3.63, 3.8) is 0 Å². The van der Waals surface area contributed by atoms with E-state index in [2.05, 4.69) is 9.88 Å². The number of benzene rings is 2. The summed E-state index contributed by atoms with van der Waals surface area (Å²) in [5.74, 6) is -6.07. The topological polar surface area (TPSA) is 62.7 Å². The van der Waals surface area contributed by atoms with Gasteiger partial charge in [0.25, 0.3) is 0 Å². The lowest BCUT2D eigenvalue weighted by Crippen LogP contribution is -2.44. The van der Waals surface area contributed by atoms with Crippen LogP contribution in [0, 0.1) is 35.1 Å². The van der Waals surface area contributed by atoms with E-state index < -0.39 is 40.1 Å². The normalized spacial score (nSPS) is 18.1. The largest absolute Gasteiger partial charge is 0.497 e. The standard InChI is InChI=1S/C28H30F4N2O3S/c1-37-19-6-7-24-20(14-19)17(8-10-33-24)4-2-5-18-9-12-34(16-21(18)28(35)36)11-3-13-38-27-23(30)15-22(29)25(31)26(27)32/h6-8,10,14-15,18,21H,2-5,9,11-13,16H2,1H3,(H,35,36)/t18-,21+/m1/s1. The molecule has 0 aliphatic carbocycles. The van der Waals surface area contributed by atoms with Crippen LogP contribution in [0.2, 0.25) is 0 Å². The number of aryl methyl sites for hydroxylation is 1. The van der Waals surface area contributed by atoms with Gasteiger partial charge in [-0.05, 0) is 86.7 Å².